The van der Waals surface area contributed by atoms with E-state index in [-0.39, 0.29) is 46.3 Å². The van der Waals surface area contributed by atoms with Crippen molar-refractivity contribution in [1.82, 2.24) is 4.31 Å². The summed E-state index contributed by atoms with van der Waals surface area (Å²) in [5.41, 5.74) is 1.22. The first-order valence-electron chi connectivity index (χ1n) is 11.5. The Labute approximate surface area is 237 Å². The van der Waals surface area contributed by atoms with Crippen LogP contribution in [0.4, 0.5) is 11.4 Å². The smallest absolute Gasteiger partial charge is 0.261 e. The van der Waals surface area contributed by atoms with Crippen LogP contribution in [-0.4, -0.2) is 40.1 Å². The van der Waals surface area contributed by atoms with Crippen molar-refractivity contribution >= 4 is 72.1 Å². The van der Waals surface area contributed by atoms with Gasteiger partial charge in [0.2, 0.25) is 15.9 Å². The molecule has 1 fully saturated rings. The molecule has 2 N–H and O–H groups in total. The Morgan fingerprint density at radius 2 is 1.53 bits per heavy atom. The number of benzene rings is 3. The second-order valence-corrected chi connectivity index (χ2v) is 13.7. The Kier molecular flexibility index (Phi) is 8.91. The first kappa shape index (κ1) is 28.7. The number of halogens is 3. The highest BCUT2D eigenvalue weighted by Crippen LogP contribution is 2.28. The van der Waals surface area contributed by atoms with E-state index in [2.05, 4.69) is 10.0 Å². The molecule has 202 valence electrons. The Bertz CT molecular complexity index is 1540. The highest BCUT2D eigenvalue weighted by molar-refractivity contribution is 7.92. The zero-order chi connectivity index (χ0) is 27.5. The van der Waals surface area contributed by atoms with Gasteiger partial charge in [0.05, 0.1) is 21.4 Å². The van der Waals surface area contributed by atoms with Crippen LogP contribution in [0.1, 0.15) is 18.4 Å². The summed E-state index contributed by atoms with van der Waals surface area (Å²) in [6.45, 7) is 0.466. The molecule has 0 spiro atoms. The van der Waals surface area contributed by atoms with Gasteiger partial charge in [-0.2, -0.15) is 0 Å². The third-order valence-electron chi connectivity index (χ3n) is 6.06. The van der Waals surface area contributed by atoms with Gasteiger partial charge in [0.1, 0.15) is 0 Å². The summed E-state index contributed by atoms with van der Waals surface area (Å²) in [6, 6.07) is 16.8. The molecule has 1 heterocycles. The summed E-state index contributed by atoms with van der Waals surface area (Å²) in [7, 11) is -7.46. The fourth-order valence-electron chi connectivity index (χ4n) is 4.06. The zero-order valence-electron chi connectivity index (χ0n) is 19.9. The summed E-state index contributed by atoms with van der Waals surface area (Å²) in [6.07, 6.45) is 0.748. The number of rotatable bonds is 8. The number of carbonyl (C=O) groups excluding carboxylic acids is 1. The Morgan fingerprint density at radius 3 is 2.16 bits per heavy atom. The maximum absolute atomic E-state index is 12.8. The number of nitrogens with zero attached hydrogens (tertiary/aromatic N) is 1. The number of hydrogen-bond donors (Lipinski definition) is 2. The molecule has 1 aliphatic rings. The Hall–Kier alpha value is -2.34. The third kappa shape index (κ3) is 7.19. The van der Waals surface area contributed by atoms with E-state index in [4.69, 9.17) is 34.8 Å². The fraction of sp³-hybridized carbons (Fsp3) is 0.240. The molecule has 0 unspecified atom stereocenters. The van der Waals surface area contributed by atoms with E-state index in [0.717, 1.165) is 0 Å². The van der Waals surface area contributed by atoms with Gasteiger partial charge in [0, 0.05) is 34.7 Å². The van der Waals surface area contributed by atoms with Gasteiger partial charge in [0.15, 0.2) is 0 Å². The molecule has 0 radical (unpaired) electrons. The Morgan fingerprint density at radius 1 is 0.868 bits per heavy atom. The number of anilines is 2. The number of carbonyl (C=O) groups is 1. The third-order valence-corrected chi connectivity index (χ3v) is 10.1. The maximum atomic E-state index is 12.8. The van der Waals surface area contributed by atoms with Crippen LogP contribution < -0.4 is 10.0 Å². The number of hydrogen-bond acceptors (Lipinski definition) is 5. The lowest BCUT2D eigenvalue weighted by molar-refractivity contribution is -0.120. The van der Waals surface area contributed by atoms with Gasteiger partial charge in [-0.1, -0.05) is 46.9 Å². The molecule has 1 saturated heterocycles. The van der Waals surface area contributed by atoms with Crippen LogP contribution >= 0.6 is 34.8 Å². The van der Waals surface area contributed by atoms with Gasteiger partial charge in [-0.3, -0.25) is 9.52 Å². The predicted octanol–water partition coefficient (Wildman–Crippen LogP) is 5.63. The van der Waals surface area contributed by atoms with E-state index in [1.54, 1.807) is 24.3 Å². The summed E-state index contributed by atoms with van der Waals surface area (Å²) in [4.78, 5) is 12.8. The molecule has 38 heavy (non-hydrogen) atoms. The van der Waals surface area contributed by atoms with Crippen molar-refractivity contribution in [3.63, 3.8) is 0 Å². The van der Waals surface area contributed by atoms with Crippen molar-refractivity contribution in [3.05, 3.63) is 87.4 Å². The topological polar surface area (TPSA) is 113 Å². The highest BCUT2D eigenvalue weighted by Gasteiger charge is 2.31. The number of nitrogens with one attached hydrogen (secondary N) is 2. The number of sulfonamides is 2. The first-order valence-corrected chi connectivity index (χ1v) is 15.8. The molecule has 1 amide bonds. The fourth-order valence-corrected chi connectivity index (χ4v) is 7.42. The molecule has 13 heteroatoms. The molecule has 3 aromatic rings. The van der Waals surface area contributed by atoms with Crippen LogP contribution in [-0.2, 0) is 30.6 Å². The van der Waals surface area contributed by atoms with Crippen molar-refractivity contribution in [2.24, 2.45) is 5.92 Å². The summed E-state index contributed by atoms with van der Waals surface area (Å²) >= 11 is 17.9. The number of piperidine rings is 1. The van der Waals surface area contributed by atoms with E-state index in [1.807, 2.05) is 0 Å². The molecule has 0 atom stereocenters. The largest absolute Gasteiger partial charge is 0.326 e. The predicted molar refractivity (Wildman–Crippen MR) is 151 cm³/mol. The maximum Gasteiger partial charge on any atom is 0.261 e. The van der Waals surface area contributed by atoms with E-state index >= 15 is 0 Å². The van der Waals surface area contributed by atoms with E-state index < -0.39 is 20.0 Å². The van der Waals surface area contributed by atoms with E-state index in [1.165, 1.54) is 46.8 Å². The molecule has 4 rings (SSSR count). The minimum Gasteiger partial charge on any atom is -0.326 e. The van der Waals surface area contributed by atoms with Gasteiger partial charge >= 0.3 is 0 Å². The molecule has 0 aromatic heterocycles. The minimum absolute atomic E-state index is 0.0141. The minimum atomic E-state index is -3.92. The molecule has 0 aliphatic carbocycles. The van der Waals surface area contributed by atoms with Crippen LogP contribution in [0.2, 0.25) is 15.1 Å². The zero-order valence-corrected chi connectivity index (χ0v) is 23.8. The molecule has 8 nitrogen and oxygen atoms in total. The van der Waals surface area contributed by atoms with Gasteiger partial charge in [0.25, 0.3) is 10.0 Å². The lowest BCUT2D eigenvalue weighted by Crippen LogP contribution is -2.41. The molecule has 3 aromatic carbocycles. The monoisotopic (exact) mass is 615 g/mol. The SMILES string of the molecule is O=C(Nc1ccc(S(=O)(=O)Nc2ccc(Cl)cc2Cl)cc1)C1CCN(S(=O)(=O)Cc2cccc(Cl)c2)CC1. The van der Waals surface area contributed by atoms with Crippen LogP contribution in [0.5, 0.6) is 0 Å². The molecule has 0 saturated carbocycles. The van der Waals surface area contributed by atoms with Crippen LogP contribution in [0.25, 0.3) is 0 Å². The van der Waals surface area contributed by atoms with Crippen molar-refractivity contribution in [2.75, 3.05) is 23.1 Å². The summed E-state index contributed by atoms with van der Waals surface area (Å²) in [5, 5.41) is 3.79. The van der Waals surface area contributed by atoms with Gasteiger partial charge in [-0.05, 0) is 73.0 Å². The molecule has 1 aliphatic heterocycles. The Balaban J connectivity index is 1.32. The second-order valence-electron chi connectivity index (χ2n) is 8.80. The van der Waals surface area contributed by atoms with Crippen LogP contribution in [0, 0.1) is 5.92 Å². The second kappa shape index (κ2) is 11.8. The van der Waals surface area contributed by atoms with Crippen molar-refractivity contribution in [2.45, 2.75) is 23.5 Å². The lowest BCUT2D eigenvalue weighted by Gasteiger charge is -2.30. The van der Waals surface area contributed by atoms with Crippen molar-refractivity contribution < 1.29 is 21.6 Å². The van der Waals surface area contributed by atoms with Crippen molar-refractivity contribution in [3.8, 4) is 0 Å². The van der Waals surface area contributed by atoms with Crippen LogP contribution in [0.15, 0.2) is 71.6 Å². The summed E-state index contributed by atoms with van der Waals surface area (Å²) < 4.78 is 54.9. The van der Waals surface area contributed by atoms with Gasteiger partial charge < -0.3 is 5.32 Å². The lowest BCUT2D eigenvalue weighted by atomic mass is 9.97. The normalized spacial score (nSPS) is 15.2. The standard InChI is InChI=1S/C25H24Cl3N3O5S2/c26-19-3-1-2-17(14-19)16-37(33,34)31-12-10-18(11-13-31)25(32)29-21-5-7-22(8-6-21)38(35,36)30-24-9-4-20(27)15-23(24)28/h1-9,14-15,18,30H,10-13,16H2,(H,29,32). The number of amides is 1. The van der Waals surface area contributed by atoms with Crippen LogP contribution in [0.3, 0.4) is 0 Å². The molecule has 0 bridgehead atoms. The molecular weight excluding hydrogens is 593 g/mol. The average molecular weight is 617 g/mol. The average Bonchev–Trinajstić information content (AvgIpc) is 2.86. The van der Waals surface area contributed by atoms with Gasteiger partial charge in [-0.25, -0.2) is 21.1 Å². The van der Waals surface area contributed by atoms with Crippen molar-refractivity contribution in [1.29, 1.82) is 0 Å². The first-order chi connectivity index (χ1) is 17.9. The highest BCUT2D eigenvalue weighted by atomic mass is 35.5. The van der Waals surface area contributed by atoms with Gasteiger partial charge in [-0.15, -0.1) is 0 Å². The van der Waals surface area contributed by atoms with E-state index in [9.17, 15) is 21.6 Å². The summed E-state index contributed by atoms with van der Waals surface area (Å²) in [5.74, 6) is -0.776. The molecular formula is C25H24Cl3N3O5S2. The quantitative estimate of drug-likeness (QED) is 0.341. The van der Waals surface area contributed by atoms with E-state index in [0.29, 0.717) is 34.1 Å².